The summed E-state index contributed by atoms with van der Waals surface area (Å²) >= 11 is 7.04. The van der Waals surface area contributed by atoms with Crippen LogP contribution in [0.25, 0.3) is 11.5 Å². The molecule has 1 heterocycles. The van der Waals surface area contributed by atoms with Crippen molar-refractivity contribution in [3.8, 4) is 11.5 Å². The fraction of sp³-hybridized carbons (Fsp3) is 0.214. The number of hydrogen-bond acceptors (Lipinski definition) is 5. The Hall–Kier alpha value is -1.79. The van der Waals surface area contributed by atoms with Gasteiger partial charge in [-0.1, -0.05) is 29.4 Å². The van der Waals surface area contributed by atoms with Crippen LogP contribution in [0.4, 0.5) is 0 Å². The van der Waals surface area contributed by atoms with E-state index in [-0.39, 0.29) is 11.2 Å². The first-order valence-corrected chi connectivity index (χ1v) is 7.50. The molecule has 1 aromatic heterocycles. The number of carbonyl (C=O) groups excluding carboxylic acids is 1. The second-order valence-electron chi connectivity index (χ2n) is 4.17. The van der Waals surface area contributed by atoms with Crippen LogP contribution in [-0.4, -0.2) is 27.9 Å². The van der Waals surface area contributed by atoms with Crippen LogP contribution in [-0.2, 0) is 4.79 Å². The summed E-state index contributed by atoms with van der Waals surface area (Å²) < 4.78 is 5.53. The van der Waals surface area contributed by atoms with E-state index in [1.54, 1.807) is 37.3 Å². The van der Waals surface area contributed by atoms with Crippen LogP contribution in [0.3, 0.4) is 0 Å². The van der Waals surface area contributed by atoms with Crippen molar-refractivity contribution in [3.05, 3.63) is 41.9 Å². The zero-order valence-electron chi connectivity index (χ0n) is 11.4. The summed E-state index contributed by atoms with van der Waals surface area (Å²) in [6.07, 6.45) is 1.63. The molecular weight excluding hydrogens is 310 g/mol. The average Bonchev–Trinajstić information content (AvgIpc) is 2.93. The molecule has 0 saturated carbocycles. The number of rotatable bonds is 6. The maximum Gasteiger partial charge on any atom is 0.277 e. The third-order valence-electron chi connectivity index (χ3n) is 2.57. The van der Waals surface area contributed by atoms with E-state index in [2.05, 4.69) is 22.1 Å². The highest BCUT2D eigenvalue weighted by atomic mass is 35.5. The summed E-state index contributed by atoms with van der Waals surface area (Å²) in [4.78, 5) is 11.7. The second kappa shape index (κ2) is 7.28. The molecule has 0 aliphatic rings. The van der Waals surface area contributed by atoms with Gasteiger partial charge >= 0.3 is 0 Å². The molecular formula is C14H14ClN3O2S. The minimum Gasteiger partial charge on any atom is -0.411 e. The van der Waals surface area contributed by atoms with Crippen LogP contribution in [0, 0.1) is 0 Å². The van der Waals surface area contributed by atoms with E-state index in [0.717, 1.165) is 5.56 Å². The summed E-state index contributed by atoms with van der Waals surface area (Å²) in [5.74, 6) is 0.291. The summed E-state index contributed by atoms with van der Waals surface area (Å²) in [6, 6.07) is 7.09. The predicted octanol–water partition coefficient (Wildman–Crippen LogP) is 3.17. The van der Waals surface area contributed by atoms with Crippen molar-refractivity contribution in [2.24, 2.45) is 0 Å². The van der Waals surface area contributed by atoms with E-state index in [0.29, 0.717) is 22.7 Å². The molecule has 2 rings (SSSR count). The van der Waals surface area contributed by atoms with Crippen LogP contribution >= 0.6 is 23.4 Å². The first-order valence-electron chi connectivity index (χ1n) is 6.25. The Balaban J connectivity index is 2.01. The van der Waals surface area contributed by atoms with Gasteiger partial charge in [-0.25, -0.2) is 0 Å². The Bertz CT molecular complexity index is 627. The van der Waals surface area contributed by atoms with E-state index in [1.807, 2.05) is 0 Å². The Labute approximate surface area is 131 Å². The average molecular weight is 324 g/mol. The van der Waals surface area contributed by atoms with Crippen LogP contribution < -0.4 is 5.32 Å². The van der Waals surface area contributed by atoms with E-state index in [4.69, 9.17) is 16.0 Å². The molecule has 0 radical (unpaired) electrons. The van der Waals surface area contributed by atoms with Crippen LogP contribution in [0.15, 0.2) is 46.6 Å². The zero-order chi connectivity index (χ0) is 15.2. The van der Waals surface area contributed by atoms with Crippen molar-refractivity contribution < 1.29 is 9.21 Å². The Morgan fingerprint density at radius 2 is 2.19 bits per heavy atom. The number of thioether (sulfide) groups is 1. The van der Waals surface area contributed by atoms with Gasteiger partial charge in [0, 0.05) is 17.1 Å². The third-order valence-corrected chi connectivity index (χ3v) is 3.75. The summed E-state index contributed by atoms with van der Waals surface area (Å²) in [5, 5.41) is 11.3. The molecule has 21 heavy (non-hydrogen) atoms. The number of hydrogen-bond donors (Lipinski definition) is 1. The molecule has 0 aliphatic heterocycles. The minimum atomic E-state index is -0.330. The lowest BCUT2D eigenvalue weighted by molar-refractivity contribution is -0.120. The van der Waals surface area contributed by atoms with E-state index in [1.165, 1.54) is 11.8 Å². The van der Waals surface area contributed by atoms with Gasteiger partial charge in [0.15, 0.2) is 0 Å². The van der Waals surface area contributed by atoms with E-state index < -0.39 is 0 Å². The van der Waals surface area contributed by atoms with Crippen molar-refractivity contribution in [1.29, 1.82) is 0 Å². The van der Waals surface area contributed by atoms with Gasteiger partial charge in [0.25, 0.3) is 5.22 Å². The number of amides is 1. The molecule has 0 bridgehead atoms. The highest BCUT2D eigenvalue weighted by Crippen LogP contribution is 2.26. The molecule has 0 saturated heterocycles. The van der Waals surface area contributed by atoms with Crippen molar-refractivity contribution in [2.45, 2.75) is 17.4 Å². The first-order chi connectivity index (χ1) is 10.1. The van der Waals surface area contributed by atoms with Crippen molar-refractivity contribution in [2.75, 3.05) is 6.54 Å². The van der Waals surface area contributed by atoms with E-state index >= 15 is 0 Å². The Kier molecular flexibility index (Phi) is 5.41. The van der Waals surface area contributed by atoms with Gasteiger partial charge in [0.05, 0.1) is 5.25 Å². The number of nitrogens with zero attached hydrogens (tertiary/aromatic N) is 2. The number of aromatic nitrogens is 2. The maximum absolute atomic E-state index is 11.7. The number of benzene rings is 1. The highest BCUT2D eigenvalue weighted by molar-refractivity contribution is 8.00. The first kappa shape index (κ1) is 15.6. The van der Waals surface area contributed by atoms with Gasteiger partial charge < -0.3 is 9.73 Å². The van der Waals surface area contributed by atoms with Crippen LogP contribution in [0.1, 0.15) is 6.92 Å². The number of carbonyl (C=O) groups is 1. The third kappa shape index (κ3) is 4.34. The fourth-order valence-corrected chi connectivity index (χ4v) is 2.32. The molecule has 1 atom stereocenters. The normalized spacial score (nSPS) is 11.9. The SMILES string of the molecule is C=CCNC(=O)C(C)Sc1nnc(-c2ccc(Cl)cc2)o1. The van der Waals surface area contributed by atoms with Crippen molar-refractivity contribution in [3.63, 3.8) is 0 Å². The highest BCUT2D eigenvalue weighted by Gasteiger charge is 2.18. The smallest absolute Gasteiger partial charge is 0.277 e. The largest absolute Gasteiger partial charge is 0.411 e. The fourth-order valence-electron chi connectivity index (χ4n) is 1.49. The summed E-state index contributed by atoms with van der Waals surface area (Å²) in [6.45, 7) is 5.75. The topological polar surface area (TPSA) is 68.0 Å². The van der Waals surface area contributed by atoms with Crippen LogP contribution in [0.2, 0.25) is 5.02 Å². The van der Waals surface area contributed by atoms with Crippen molar-refractivity contribution >= 4 is 29.3 Å². The lowest BCUT2D eigenvalue weighted by Gasteiger charge is -2.07. The van der Waals surface area contributed by atoms with Crippen LogP contribution in [0.5, 0.6) is 0 Å². The van der Waals surface area contributed by atoms with Gasteiger partial charge in [-0.3, -0.25) is 4.79 Å². The van der Waals surface area contributed by atoms with Gasteiger partial charge in [0.2, 0.25) is 11.8 Å². The Morgan fingerprint density at radius 1 is 1.48 bits per heavy atom. The summed E-state index contributed by atoms with van der Waals surface area (Å²) in [5.41, 5.74) is 0.780. The van der Waals surface area contributed by atoms with Gasteiger partial charge in [0.1, 0.15) is 0 Å². The van der Waals surface area contributed by atoms with Gasteiger partial charge in [-0.2, -0.15) is 0 Å². The van der Waals surface area contributed by atoms with Crippen molar-refractivity contribution in [1.82, 2.24) is 15.5 Å². The zero-order valence-corrected chi connectivity index (χ0v) is 12.9. The molecule has 2 aromatic rings. The molecule has 110 valence electrons. The molecule has 1 unspecified atom stereocenters. The second-order valence-corrected chi connectivity index (χ2v) is 5.90. The maximum atomic E-state index is 11.7. The number of halogens is 1. The molecule has 0 spiro atoms. The minimum absolute atomic E-state index is 0.105. The quantitative estimate of drug-likeness (QED) is 0.653. The lowest BCUT2D eigenvalue weighted by atomic mass is 10.2. The van der Waals surface area contributed by atoms with Gasteiger partial charge in [-0.15, -0.1) is 16.8 Å². The monoisotopic (exact) mass is 323 g/mol. The molecule has 1 N–H and O–H groups in total. The summed E-state index contributed by atoms with van der Waals surface area (Å²) in [7, 11) is 0. The molecule has 1 amide bonds. The lowest BCUT2D eigenvalue weighted by Crippen LogP contribution is -2.30. The van der Waals surface area contributed by atoms with E-state index in [9.17, 15) is 4.79 Å². The predicted molar refractivity (Wildman–Crippen MR) is 83.3 cm³/mol. The molecule has 0 fully saturated rings. The molecule has 7 heteroatoms. The molecule has 0 aliphatic carbocycles. The Morgan fingerprint density at radius 3 is 2.86 bits per heavy atom. The molecule has 5 nitrogen and oxygen atoms in total. The van der Waals surface area contributed by atoms with Gasteiger partial charge in [-0.05, 0) is 31.2 Å². The number of nitrogens with one attached hydrogen (secondary N) is 1. The molecule has 1 aromatic carbocycles. The standard InChI is InChI=1S/C14H14ClN3O2S/c1-3-8-16-12(19)9(2)21-14-18-17-13(20-14)10-4-6-11(15)7-5-10/h3-7,9H,1,8H2,2H3,(H,16,19).